The van der Waals surface area contributed by atoms with Crippen molar-refractivity contribution in [2.24, 2.45) is 0 Å². The summed E-state index contributed by atoms with van der Waals surface area (Å²) in [6.45, 7) is 0. The monoisotopic (exact) mass is 461 g/mol. The predicted octanol–water partition coefficient (Wildman–Crippen LogP) is 4.29. The lowest BCUT2D eigenvalue weighted by atomic mass is 10.0. The number of rotatable bonds is 5. The minimum Gasteiger partial charge on any atom is -0.494 e. The summed E-state index contributed by atoms with van der Waals surface area (Å²) in [4.78, 5) is 30.2. The van der Waals surface area contributed by atoms with Crippen LogP contribution in [0.5, 0.6) is 5.75 Å². The van der Waals surface area contributed by atoms with Gasteiger partial charge in [-0.15, -0.1) is 0 Å². The van der Waals surface area contributed by atoms with Crippen LogP contribution in [0.2, 0.25) is 0 Å². The Kier molecular flexibility index (Phi) is 6.30. The van der Waals surface area contributed by atoms with Crippen LogP contribution in [0.25, 0.3) is 22.0 Å². The lowest BCUT2D eigenvalue weighted by Gasteiger charge is -2.19. The average molecular weight is 461 g/mol. The molecule has 4 aromatic rings. The van der Waals surface area contributed by atoms with E-state index in [0.29, 0.717) is 33.5 Å². The second-order valence-electron chi connectivity index (χ2n) is 7.22. The quantitative estimate of drug-likeness (QED) is 0.472. The molecule has 2 heterocycles. The minimum absolute atomic E-state index is 0.0471. The van der Waals surface area contributed by atoms with Gasteiger partial charge in [-0.05, 0) is 42.5 Å². The molecule has 0 aliphatic rings. The van der Waals surface area contributed by atoms with Gasteiger partial charge in [0.15, 0.2) is 11.6 Å². The summed E-state index contributed by atoms with van der Waals surface area (Å²) in [5.74, 6) is -0.434. The number of pyridine rings is 1. The first kappa shape index (κ1) is 22.6. The molecule has 10 heteroatoms. The molecule has 0 unspecified atom stereocenters. The van der Waals surface area contributed by atoms with Crippen molar-refractivity contribution in [3.05, 3.63) is 72.3 Å². The van der Waals surface area contributed by atoms with Crippen molar-refractivity contribution in [1.29, 1.82) is 0 Å². The van der Waals surface area contributed by atoms with E-state index in [1.807, 2.05) is 0 Å². The van der Waals surface area contributed by atoms with Crippen molar-refractivity contribution in [3.8, 4) is 16.9 Å². The zero-order chi connectivity index (χ0) is 24.2. The smallest absolute Gasteiger partial charge is 0.412 e. The molecule has 0 radical (unpaired) electrons. The Balaban J connectivity index is 1.68. The molecule has 0 fully saturated rings. The first-order chi connectivity index (χ1) is 16.4. The van der Waals surface area contributed by atoms with Gasteiger partial charge in [0.25, 0.3) is 5.91 Å². The molecule has 0 bridgehead atoms. The van der Waals surface area contributed by atoms with Crippen LogP contribution >= 0.6 is 0 Å². The predicted molar refractivity (Wildman–Crippen MR) is 124 cm³/mol. The van der Waals surface area contributed by atoms with E-state index in [0.717, 1.165) is 5.56 Å². The number of ether oxygens (including phenoxy) is 2. The summed E-state index contributed by atoms with van der Waals surface area (Å²) in [7, 11) is 4.23. The number of carbonyl (C=O) groups excluding carboxylic acids is 2. The number of benzene rings is 2. The van der Waals surface area contributed by atoms with Crippen molar-refractivity contribution in [2.45, 2.75) is 0 Å². The fraction of sp³-hybridized carbons (Fsp3) is 0.125. The van der Waals surface area contributed by atoms with Gasteiger partial charge in [-0.1, -0.05) is 0 Å². The molecule has 172 valence electrons. The lowest BCUT2D eigenvalue weighted by molar-refractivity contribution is 0.0993. The Hall–Kier alpha value is -4.60. The molecule has 0 aliphatic carbocycles. The highest BCUT2D eigenvalue weighted by molar-refractivity contribution is 6.08. The second kappa shape index (κ2) is 9.49. The van der Waals surface area contributed by atoms with Crippen molar-refractivity contribution in [2.75, 3.05) is 31.5 Å². The van der Waals surface area contributed by atoms with Gasteiger partial charge in [0, 0.05) is 47.1 Å². The zero-order valence-corrected chi connectivity index (χ0v) is 18.6. The van der Waals surface area contributed by atoms with Gasteiger partial charge in [0.2, 0.25) is 0 Å². The van der Waals surface area contributed by atoms with Crippen LogP contribution < -0.4 is 15.0 Å². The van der Waals surface area contributed by atoms with Crippen molar-refractivity contribution in [1.82, 2.24) is 15.2 Å². The molecule has 0 atom stereocenters. The zero-order valence-electron chi connectivity index (χ0n) is 18.6. The van der Waals surface area contributed by atoms with Crippen LogP contribution in [0.3, 0.4) is 0 Å². The standard InChI is InChI=1S/C24H20FN5O4/c1-30(16-6-7-19(25)21(11-16)33-2)23(31)14-4-8-20-17(10-14)18(13-27-29-20)15-5-9-22(26-12-15)28-24(32)34-3/h4-13H,1-3H3,(H,26,28,32). The maximum absolute atomic E-state index is 13.8. The number of fused-ring (bicyclic) bond motifs is 1. The van der Waals surface area contributed by atoms with Gasteiger partial charge in [0.1, 0.15) is 5.82 Å². The average Bonchev–Trinajstić information content (AvgIpc) is 2.87. The number of hydrogen-bond acceptors (Lipinski definition) is 7. The molecule has 4 rings (SSSR count). The summed E-state index contributed by atoms with van der Waals surface area (Å²) < 4.78 is 23.3. The number of nitrogens with zero attached hydrogens (tertiary/aromatic N) is 4. The lowest BCUT2D eigenvalue weighted by Crippen LogP contribution is -2.26. The Labute approximate surface area is 194 Å². The number of carbonyl (C=O) groups is 2. The Bertz CT molecular complexity index is 1380. The van der Waals surface area contributed by atoms with Crippen LogP contribution in [0, 0.1) is 5.82 Å². The molecule has 2 aromatic carbocycles. The number of amides is 2. The molecule has 2 amide bonds. The fourth-order valence-corrected chi connectivity index (χ4v) is 3.37. The van der Waals surface area contributed by atoms with E-state index in [1.54, 1.807) is 49.8 Å². The number of nitrogens with one attached hydrogen (secondary N) is 1. The van der Waals surface area contributed by atoms with Crippen LogP contribution in [-0.4, -0.2) is 48.4 Å². The number of methoxy groups -OCH3 is 2. The molecular formula is C24H20FN5O4. The molecule has 9 nitrogen and oxygen atoms in total. The van der Waals surface area contributed by atoms with E-state index >= 15 is 0 Å². The van der Waals surface area contributed by atoms with E-state index < -0.39 is 11.9 Å². The van der Waals surface area contributed by atoms with Gasteiger partial charge in [-0.3, -0.25) is 10.1 Å². The van der Waals surface area contributed by atoms with Crippen LogP contribution in [0.15, 0.2) is 60.9 Å². The maximum Gasteiger partial charge on any atom is 0.412 e. The third-order valence-corrected chi connectivity index (χ3v) is 5.20. The molecule has 0 saturated heterocycles. The largest absolute Gasteiger partial charge is 0.494 e. The summed E-state index contributed by atoms with van der Waals surface area (Å²) in [5.41, 5.74) is 2.91. The van der Waals surface area contributed by atoms with Crippen molar-refractivity contribution < 1.29 is 23.5 Å². The topological polar surface area (TPSA) is 107 Å². The molecule has 0 aliphatic heterocycles. The van der Waals surface area contributed by atoms with Gasteiger partial charge in [-0.2, -0.15) is 10.2 Å². The minimum atomic E-state index is -0.623. The number of hydrogen-bond donors (Lipinski definition) is 1. The van der Waals surface area contributed by atoms with Gasteiger partial charge in [0.05, 0.1) is 25.9 Å². The van der Waals surface area contributed by atoms with Gasteiger partial charge < -0.3 is 14.4 Å². The molecular weight excluding hydrogens is 441 g/mol. The molecule has 34 heavy (non-hydrogen) atoms. The van der Waals surface area contributed by atoms with E-state index in [2.05, 4.69) is 25.2 Å². The Morgan fingerprint density at radius 3 is 2.56 bits per heavy atom. The van der Waals surface area contributed by atoms with E-state index in [4.69, 9.17) is 4.74 Å². The Morgan fingerprint density at radius 2 is 1.85 bits per heavy atom. The first-order valence-corrected chi connectivity index (χ1v) is 10.1. The number of anilines is 2. The second-order valence-corrected chi connectivity index (χ2v) is 7.22. The van der Waals surface area contributed by atoms with Crippen LogP contribution in [-0.2, 0) is 4.74 Å². The third-order valence-electron chi connectivity index (χ3n) is 5.20. The SMILES string of the molecule is COC(=O)Nc1ccc(-c2cnnc3ccc(C(=O)N(C)c4ccc(F)c(OC)c4)cc23)cn1. The van der Waals surface area contributed by atoms with Crippen LogP contribution in [0.4, 0.5) is 20.7 Å². The molecule has 2 aromatic heterocycles. The first-order valence-electron chi connectivity index (χ1n) is 10.1. The highest BCUT2D eigenvalue weighted by Crippen LogP contribution is 2.29. The highest BCUT2D eigenvalue weighted by atomic mass is 19.1. The van der Waals surface area contributed by atoms with Crippen molar-refractivity contribution >= 4 is 34.4 Å². The summed E-state index contributed by atoms with van der Waals surface area (Å²) in [6, 6.07) is 12.7. The van der Waals surface area contributed by atoms with Gasteiger partial charge >= 0.3 is 6.09 Å². The van der Waals surface area contributed by atoms with E-state index in [-0.39, 0.29) is 11.7 Å². The van der Waals surface area contributed by atoms with E-state index in [9.17, 15) is 14.0 Å². The van der Waals surface area contributed by atoms with E-state index in [1.165, 1.54) is 37.3 Å². The normalized spacial score (nSPS) is 10.6. The maximum atomic E-state index is 13.8. The van der Waals surface area contributed by atoms with Crippen LogP contribution in [0.1, 0.15) is 10.4 Å². The number of aromatic nitrogens is 3. The highest BCUT2D eigenvalue weighted by Gasteiger charge is 2.17. The number of halogens is 1. The summed E-state index contributed by atoms with van der Waals surface area (Å²) in [5, 5.41) is 11.4. The molecule has 0 saturated carbocycles. The van der Waals surface area contributed by atoms with Crippen molar-refractivity contribution in [3.63, 3.8) is 0 Å². The third kappa shape index (κ3) is 4.46. The Morgan fingerprint density at radius 1 is 1.03 bits per heavy atom. The molecule has 0 spiro atoms. The molecule has 1 N–H and O–H groups in total. The fourth-order valence-electron chi connectivity index (χ4n) is 3.37. The van der Waals surface area contributed by atoms with Gasteiger partial charge in [-0.25, -0.2) is 14.2 Å². The summed E-state index contributed by atoms with van der Waals surface area (Å²) >= 11 is 0. The summed E-state index contributed by atoms with van der Waals surface area (Å²) in [6.07, 6.45) is 2.53.